The Bertz CT molecular complexity index is 1290. The van der Waals surface area contributed by atoms with Gasteiger partial charge in [0.15, 0.2) is 5.60 Å². The number of hydrogen-bond donors (Lipinski definition) is 2. The molecule has 0 amide bonds. The van der Waals surface area contributed by atoms with Crippen LogP contribution in [0.15, 0.2) is 72.8 Å². The highest BCUT2D eigenvalue weighted by molar-refractivity contribution is 6.99. The minimum Gasteiger partial charge on any atom is -0.481 e. The van der Waals surface area contributed by atoms with Gasteiger partial charge in [0, 0.05) is 25.9 Å². The van der Waals surface area contributed by atoms with E-state index in [0.717, 1.165) is 48.9 Å². The van der Waals surface area contributed by atoms with E-state index in [1.807, 2.05) is 36.4 Å². The van der Waals surface area contributed by atoms with Gasteiger partial charge in [-0.2, -0.15) is 0 Å². The highest BCUT2D eigenvalue weighted by Gasteiger charge is 2.53. The van der Waals surface area contributed by atoms with Crippen molar-refractivity contribution in [2.75, 3.05) is 6.61 Å². The molecule has 0 aliphatic rings. The minimum atomic E-state index is -3.01. The van der Waals surface area contributed by atoms with E-state index in [2.05, 4.69) is 52.0 Å². The molecule has 0 heterocycles. The van der Waals surface area contributed by atoms with Crippen molar-refractivity contribution in [1.82, 2.24) is 0 Å². The molecule has 0 aliphatic carbocycles. The predicted molar refractivity (Wildman–Crippen MR) is 205 cm³/mol. The molecule has 0 bridgehead atoms. The van der Waals surface area contributed by atoms with Crippen LogP contribution in [0.25, 0.3) is 0 Å². The Morgan fingerprint density at radius 2 is 1.26 bits per heavy atom. The number of carboxylic acids is 1. The number of Topliss-reactive ketones (excluding diaryl/α,β-unsaturated/α-hetero) is 1. The zero-order valence-electron chi connectivity index (χ0n) is 31.8. The summed E-state index contributed by atoms with van der Waals surface area (Å²) in [5, 5.41) is 24.1. The summed E-state index contributed by atoms with van der Waals surface area (Å²) in [4.78, 5) is 38.5. The molecule has 0 unspecified atom stereocenters. The van der Waals surface area contributed by atoms with Gasteiger partial charge in [0.25, 0.3) is 8.32 Å². The van der Waals surface area contributed by atoms with E-state index >= 15 is 0 Å². The molecule has 278 valence electrons. The molecule has 2 aromatic rings. The number of carbonyl (C=O) groups is 3. The number of ketones is 1. The molecule has 0 aromatic heterocycles. The first kappa shape index (κ1) is 43.1. The van der Waals surface area contributed by atoms with Crippen LogP contribution in [0.4, 0.5) is 0 Å². The fraction of sp³-hybridized carbons (Fsp3) is 0.595. The molecule has 7 nitrogen and oxygen atoms in total. The van der Waals surface area contributed by atoms with Crippen molar-refractivity contribution in [3.8, 4) is 0 Å². The third-order valence-electron chi connectivity index (χ3n) is 9.22. The summed E-state index contributed by atoms with van der Waals surface area (Å²) in [5.74, 6) is -3.49. The quantitative estimate of drug-likeness (QED) is 0.0515. The molecular formula is C42H64O7Si. The van der Waals surface area contributed by atoms with Gasteiger partial charge >= 0.3 is 11.9 Å². The molecule has 2 rings (SSSR count). The van der Waals surface area contributed by atoms with E-state index in [0.29, 0.717) is 25.0 Å². The van der Waals surface area contributed by atoms with Crippen molar-refractivity contribution < 1.29 is 33.8 Å². The summed E-state index contributed by atoms with van der Waals surface area (Å²) in [5.41, 5.74) is -3.30. The van der Waals surface area contributed by atoms with Gasteiger partial charge in [-0.05, 0) is 61.9 Å². The summed E-state index contributed by atoms with van der Waals surface area (Å²) >= 11 is 0. The van der Waals surface area contributed by atoms with Crippen molar-refractivity contribution in [3.05, 3.63) is 72.8 Å². The largest absolute Gasteiger partial charge is 0.481 e. The van der Waals surface area contributed by atoms with E-state index in [1.54, 1.807) is 26.8 Å². The number of ether oxygens (including phenoxy) is 1. The maximum atomic E-state index is 13.7. The molecule has 0 fully saturated rings. The lowest BCUT2D eigenvalue weighted by Crippen LogP contribution is -2.67. The van der Waals surface area contributed by atoms with Crippen LogP contribution in [0.3, 0.4) is 0 Å². The van der Waals surface area contributed by atoms with Gasteiger partial charge in [-0.15, -0.1) is 0 Å². The number of esters is 1. The Kier molecular flexibility index (Phi) is 17.8. The molecule has 0 saturated carbocycles. The molecule has 2 N–H and O–H groups in total. The maximum absolute atomic E-state index is 13.7. The number of carboxylic acid groups (broad SMARTS) is 1. The normalized spacial score (nSPS) is 14.3. The van der Waals surface area contributed by atoms with Crippen LogP contribution in [-0.4, -0.2) is 54.1 Å². The van der Waals surface area contributed by atoms with Crippen molar-refractivity contribution >= 4 is 36.4 Å². The van der Waals surface area contributed by atoms with Gasteiger partial charge in [-0.1, -0.05) is 139 Å². The summed E-state index contributed by atoms with van der Waals surface area (Å²) < 4.78 is 12.6. The van der Waals surface area contributed by atoms with Crippen LogP contribution in [0, 0.1) is 5.92 Å². The molecule has 0 saturated heterocycles. The number of unbranched alkanes of at least 4 members (excludes halogenated alkanes) is 8. The monoisotopic (exact) mass is 708 g/mol. The smallest absolute Gasteiger partial charge is 0.339 e. The fourth-order valence-electron chi connectivity index (χ4n) is 6.54. The molecule has 50 heavy (non-hydrogen) atoms. The van der Waals surface area contributed by atoms with E-state index in [9.17, 15) is 24.6 Å². The van der Waals surface area contributed by atoms with Crippen molar-refractivity contribution in [2.45, 2.75) is 148 Å². The van der Waals surface area contributed by atoms with Crippen LogP contribution in [0.1, 0.15) is 132 Å². The Labute approximate surface area is 303 Å². The topological polar surface area (TPSA) is 110 Å². The summed E-state index contributed by atoms with van der Waals surface area (Å²) in [6.07, 6.45) is 14.0. The van der Waals surface area contributed by atoms with Gasteiger partial charge in [-0.3, -0.25) is 9.59 Å². The first-order chi connectivity index (χ1) is 23.6. The van der Waals surface area contributed by atoms with Gasteiger partial charge in [0.2, 0.25) is 0 Å². The Morgan fingerprint density at radius 1 is 0.760 bits per heavy atom. The molecular weight excluding hydrogens is 645 g/mol. The zero-order valence-corrected chi connectivity index (χ0v) is 32.8. The van der Waals surface area contributed by atoms with Gasteiger partial charge in [-0.25, -0.2) is 4.79 Å². The molecule has 2 atom stereocenters. The second kappa shape index (κ2) is 20.7. The fourth-order valence-corrected chi connectivity index (χ4v) is 11.1. The number of carbonyl (C=O) groups excluding carboxylic acids is 2. The lowest BCUT2D eigenvalue weighted by molar-refractivity contribution is -0.187. The average Bonchev–Trinajstić information content (AvgIpc) is 3.05. The maximum Gasteiger partial charge on any atom is 0.339 e. The van der Waals surface area contributed by atoms with Crippen LogP contribution >= 0.6 is 0 Å². The summed E-state index contributed by atoms with van der Waals surface area (Å²) in [6, 6.07) is 20.1. The van der Waals surface area contributed by atoms with E-state index in [-0.39, 0.29) is 18.1 Å². The first-order valence-corrected chi connectivity index (χ1v) is 20.6. The summed E-state index contributed by atoms with van der Waals surface area (Å²) in [7, 11) is -3.01. The van der Waals surface area contributed by atoms with E-state index in [4.69, 9.17) is 9.16 Å². The number of aliphatic hydroxyl groups is 1. The number of aliphatic carboxylic acids is 1. The highest BCUT2D eigenvalue weighted by atomic mass is 28.4. The van der Waals surface area contributed by atoms with Crippen molar-refractivity contribution in [1.29, 1.82) is 0 Å². The Morgan fingerprint density at radius 3 is 1.72 bits per heavy atom. The number of rotatable bonds is 23. The van der Waals surface area contributed by atoms with Gasteiger partial charge in [0.1, 0.15) is 17.3 Å². The zero-order chi connectivity index (χ0) is 37.3. The molecule has 0 radical (unpaired) electrons. The lowest BCUT2D eigenvalue weighted by atomic mass is 9.83. The summed E-state index contributed by atoms with van der Waals surface area (Å²) in [6.45, 7) is 13.6. The third-order valence-corrected chi connectivity index (χ3v) is 14.3. The van der Waals surface area contributed by atoms with Gasteiger partial charge < -0.3 is 19.4 Å². The Hall–Kier alpha value is -3.07. The van der Waals surface area contributed by atoms with E-state index < -0.39 is 37.4 Å². The third kappa shape index (κ3) is 13.2. The number of hydrogen-bond acceptors (Lipinski definition) is 6. The van der Waals surface area contributed by atoms with Crippen molar-refractivity contribution in [2.24, 2.45) is 5.92 Å². The SMILES string of the molecule is CCCCCCCC(=O)CCCCCCC=C[C@H](C(=O)O)[C@@](O)(CCO[Si](c1ccccc1)(c1ccccc1)C(C)(C)C)C(=O)OC(C)(C)C. The second-order valence-electron chi connectivity index (χ2n) is 15.6. The number of benzene rings is 2. The highest BCUT2D eigenvalue weighted by Crippen LogP contribution is 2.38. The molecule has 8 heteroatoms. The predicted octanol–water partition coefficient (Wildman–Crippen LogP) is 8.55. The molecule has 0 spiro atoms. The van der Waals surface area contributed by atoms with Crippen LogP contribution < -0.4 is 10.4 Å². The van der Waals surface area contributed by atoms with Gasteiger partial charge in [0.05, 0.1) is 0 Å². The van der Waals surface area contributed by atoms with Crippen LogP contribution in [-0.2, 0) is 23.5 Å². The van der Waals surface area contributed by atoms with Crippen molar-refractivity contribution in [3.63, 3.8) is 0 Å². The van der Waals surface area contributed by atoms with E-state index in [1.165, 1.54) is 25.3 Å². The average molecular weight is 709 g/mol. The Balaban J connectivity index is 2.18. The minimum absolute atomic E-state index is 0.0574. The molecule has 2 aromatic carbocycles. The van der Waals surface area contributed by atoms with Crippen LogP contribution in [0.5, 0.6) is 0 Å². The first-order valence-electron chi connectivity index (χ1n) is 18.7. The molecule has 0 aliphatic heterocycles. The lowest BCUT2D eigenvalue weighted by Gasteiger charge is -2.43. The standard InChI is InChI=1S/C42H64O7Si/c1-8-9-10-13-18-25-34(43)26-19-14-11-12-15-24-31-37(38(44)45)42(47,39(46)49-40(2,3)4)32-33-48-50(41(5,6)7,35-27-20-16-21-28-35)36-29-22-17-23-30-36/h16-17,20-24,27-31,37,47H,8-15,18-19,25-26,32-33H2,1-7H3,(H,44,45)/t37-,42+/m1/s1. The van der Waals surface area contributed by atoms with Crippen LogP contribution in [0.2, 0.25) is 5.04 Å². The number of allylic oxidation sites excluding steroid dienone is 1. The second-order valence-corrected chi connectivity index (χ2v) is 19.9.